The smallest absolute Gasteiger partial charge is 0.365 e. The van der Waals surface area contributed by atoms with E-state index < -0.39 is 5.97 Å². The van der Waals surface area contributed by atoms with Crippen molar-refractivity contribution < 1.29 is 14.3 Å². The van der Waals surface area contributed by atoms with Crippen molar-refractivity contribution in [2.24, 2.45) is 5.10 Å². The van der Waals surface area contributed by atoms with Crippen molar-refractivity contribution in [3.05, 3.63) is 34.4 Å². The van der Waals surface area contributed by atoms with E-state index in [1.165, 1.54) is 73.7 Å². The van der Waals surface area contributed by atoms with Gasteiger partial charge in [0.15, 0.2) is 0 Å². The van der Waals surface area contributed by atoms with Crippen LogP contribution >= 0.6 is 11.8 Å². The summed E-state index contributed by atoms with van der Waals surface area (Å²) in [7, 11) is 1.61. The fourth-order valence-corrected chi connectivity index (χ4v) is 4.92. The number of carbonyl (C=O) groups excluding carboxylic acids is 2. The lowest BCUT2D eigenvalue weighted by molar-refractivity contribution is -0.134. The van der Waals surface area contributed by atoms with E-state index in [1.54, 1.807) is 14.0 Å². The lowest BCUT2D eigenvalue weighted by Gasteiger charge is -2.16. The Morgan fingerprint density at radius 2 is 1.41 bits per heavy atom. The van der Waals surface area contributed by atoms with E-state index in [2.05, 4.69) is 31.1 Å². The summed E-state index contributed by atoms with van der Waals surface area (Å²) >= 11 is 1.39. The molecular formula is C28H46N2O3S. The molecule has 0 aliphatic carbocycles. The molecule has 6 heteroatoms. The maximum absolute atomic E-state index is 12.8. The summed E-state index contributed by atoms with van der Waals surface area (Å²) in [5.74, 6) is 0.199. The molecule has 0 atom stereocenters. The minimum atomic E-state index is -0.457. The second-order valence-corrected chi connectivity index (χ2v) is 10.2. The van der Waals surface area contributed by atoms with Gasteiger partial charge in [-0.25, -0.2) is 9.80 Å². The predicted molar refractivity (Wildman–Crippen MR) is 145 cm³/mol. The van der Waals surface area contributed by atoms with Gasteiger partial charge in [-0.2, -0.15) is 5.10 Å². The highest BCUT2D eigenvalue weighted by molar-refractivity contribution is 8.15. The third kappa shape index (κ3) is 12.0. The topological polar surface area (TPSA) is 59.0 Å². The molecule has 0 radical (unpaired) electrons. The number of rotatable bonds is 15. The quantitative estimate of drug-likeness (QED) is 0.0861. The number of nitrogens with zero attached hydrogens (tertiary/aromatic N) is 2. The van der Waals surface area contributed by atoms with Crippen LogP contribution in [-0.4, -0.2) is 41.3 Å². The first-order chi connectivity index (χ1) is 16.3. The van der Waals surface area contributed by atoms with Crippen LogP contribution in [0.25, 0.3) is 0 Å². The summed E-state index contributed by atoms with van der Waals surface area (Å²) in [4.78, 5) is 25.2. The van der Waals surface area contributed by atoms with Crippen LogP contribution in [0.2, 0.25) is 0 Å². The maximum Gasteiger partial charge on any atom is 0.365 e. The highest BCUT2D eigenvalue weighted by Crippen LogP contribution is 2.19. The lowest BCUT2D eigenvalue weighted by Crippen LogP contribution is -2.27. The molecule has 1 amide bonds. The first-order valence-electron chi connectivity index (χ1n) is 13.0. The third-order valence-corrected chi connectivity index (χ3v) is 6.97. The molecule has 1 aromatic carbocycles. The molecule has 1 rings (SSSR count). The van der Waals surface area contributed by atoms with E-state index >= 15 is 0 Å². The van der Waals surface area contributed by atoms with Crippen LogP contribution in [0, 0.1) is 20.8 Å². The molecule has 0 aromatic heterocycles. The third-order valence-electron chi connectivity index (χ3n) is 5.96. The second kappa shape index (κ2) is 17.6. The van der Waals surface area contributed by atoms with Gasteiger partial charge in [-0.05, 0) is 56.6 Å². The van der Waals surface area contributed by atoms with Crippen LogP contribution in [0.3, 0.4) is 0 Å². The van der Waals surface area contributed by atoms with Crippen LogP contribution in [0.4, 0.5) is 0 Å². The Labute approximate surface area is 212 Å². The molecule has 0 saturated carbocycles. The van der Waals surface area contributed by atoms with Crippen molar-refractivity contribution in [3.8, 4) is 0 Å². The fraction of sp³-hybridized carbons (Fsp3) is 0.679. The summed E-state index contributed by atoms with van der Waals surface area (Å²) in [6.07, 6.45) is 13.0. The first-order valence-corrected chi connectivity index (χ1v) is 14.0. The van der Waals surface area contributed by atoms with Crippen LogP contribution in [0.15, 0.2) is 17.2 Å². The molecule has 0 spiro atoms. The number of likely N-dealkylation sites (N-methyl/N-ethyl adjacent to an activating group) is 1. The molecule has 34 heavy (non-hydrogen) atoms. The largest absolute Gasteiger partial charge is 0.461 e. The van der Waals surface area contributed by atoms with Crippen molar-refractivity contribution in [3.63, 3.8) is 0 Å². The number of esters is 1. The fourth-order valence-electron chi connectivity index (χ4n) is 4.03. The van der Waals surface area contributed by atoms with Gasteiger partial charge in [-0.15, -0.1) is 0 Å². The molecule has 0 heterocycles. The van der Waals surface area contributed by atoms with Gasteiger partial charge >= 0.3 is 5.97 Å². The highest BCUT2D eigenvalue weighted by atomic mass is 32.2. The van der Waals surface area contributed by atoms with E-state index in [4.69, 9.17) is 4.74 Å². The number of carbonyl (C=O) groups is 2. The Kier molecular flexibility index (Phi) is 15.6. The number of unbranched alkanes of at least 4 members (excludes halogenated alkanes) is 9. The number of aryl methyl sites for hydroxylation is 3. The van der Waals surface area contributed by atoms with Crippen molar-refractivity contribution >= 4 is 28.7 Å². The van der Waals surface area contributed by atoms with Crippen LogP contribution in [0.5, 0.6) is 0 Å². The molecule has 0 unspecified atom stereocenters. The zero-order chi connectivity index (χ0) is 25.3. The van der Waals surface area contributed by atoms with Gasteiger partial charge in [0.2, 0.25) is 11.0 Å². The number of ether oxygens (including phenoxy) is 1. The van der Waals surface area contributed by atoms with Gasteiger partial charge in [0.05, 0.1) is 13.0 Å². The number of thioether (sulfide) groups is 1. The standard InChI is InChI=1S/C28H46N2O3S/c1-7-9-10-11-12-13-14-15-16-17-18-34-27(28(32)33-8-2)29-30(6)26(31)21-25-23(4)19-22(3)20-24(25)5/h19-20H,7-18,21H2,1-6H3. The number of hydrazone groups is 1. The molecule has 1 aromatic rings. The molecule has 0 bridgehead atoms. The van der Waals surface area contributed by atoms with E-state index in [1.807, 2.05) is 13.8 Å². The number of benzene rings is 1. The molecule has 0 N–H and O–H groups in total. The summed E-state index contributed by atoms with van der Waals surface area (Å²) in [6.45, 7) is 10.4. The van der Waals surface area contributed by atoms with Gasteiger partial charge in [0.1, 0.15) is 0 Å². The Balaban J connectivity index is 2.54. The number of hydrogen-bond acceptors (Lipinski definition) is 5. The number of amides is 1. The highest BCUT2D eigenvalue weighted by Gasteiger charge is 2.18. The number of hydrogen-bond donors (Lipinski definition) is 0. The molecule has 0 saturated heterocycles. The zero-order valence-electron chi connectivity index (χ0n) is 22.4. The van der Waals surface area contributed by atoms with Crippen LogP contribution in [-0.2, 0) is 20.7 Å². The second-order valence-electron chi connectivity index (χ2n) is 9.13. The van der Waals surface area contributed by atoms with Crippen LogP contribution in [0.1, 0.15) is 100 Å². The average molecular weight is 491 g/mol. The SMILES string of the molecule is CCCCCCCCCCCCSC(=NN(C)C(=O)Cc1c(C)cc(C)cc1C)C(=O)OCC. The van der Waals surface area contributed by atoms with E-state index in [0.717, 1.165) is 35.3 Å². The predicted octanol–water partition coefficient (Wildman–Crippen LogP) is 7.14. The van der Waals surface area contributed by atoms with Crippen molar-refractivity contribution in [2.45, 2.75) is 105 Å². The maximum atomic E-state index is 12.8. The average Bonchev–Trinajstić information content (AvgIpc) is 2.78. The van der Waals surface area contributed by atoms with E-state index in [-0.39, 0.29) is 24.0 Å². The van der Waals surface area contributed by atoms with Gasteiger partial charge in [0, 0.05) is 7.05 Å². The van der Waals surface area contributed by atoms with E-state index in [0.29, 0.717) is 0 Å². The van der Waals surface area contributed by atoms with Crippen LogP contribution < -0.4 is 0 Å². The summed E-state index contributed by atoms with van der Waals surface area (Å²) in [5.41, 5.74) is 4.41. The van der Waals surface area contributed by atoms with Crippen molar-refractivity contribution in [1.29, 1.82) is 0 Å². The molecule has 192 valence electrons. The summed E-state index contributed by atoms with van der Waals surface area (Å²) in [5, 5.41) is 5.88. The van der Waals surface area contributed by atoms with Gasteiger partial charge < -0.3 is 4.74 Å². The lowest BCUT2D eigenvalue weighted by atomic mass is 9.97. The molecule has 0 aliphatic rings. The summed E-state index contributed by atoms with van der Waals surface area (Å²) < 4.78 is 5.18. The molecular weight excluding hydrogens is 444 g/mol. The normalized spacial score (nSPS) is 11.5. The Hall–Kier alpha value is -1.82. The monoisotopic (exact) mass is 490 g/mol. The minimum Gasteiger partial charge on any atom is -0.461 e. The molecule has 0 fully saturated rings. The van der Waals surface area contributed by atoms with Gasteiger partial charge in [0.25, 0.3) is 0 Å². The summed E-state index contributed by atoms with van der Waals surface area (Å²) in [6, 6.07) is 4.18. The van der Waals surface area contributed by atoms with Crippen molar-refractivity contribution in [1.82, 2.24) is 5.01 Å². The zero-order valence-corrected chi connectivity index (χ0v) is 23.2. The Morgan fingerprint density at radius 1 is 0.882 bits per heavy atom. The molecule has 5 nitrogen and oxygen atoms in total. The van der Waals surface area contributed by atoms with Gasteiger partial charge in [-0.3, -0.25) is 4.79 Å². The molecule has 0 aliphatic heterocycles. The van der Waals surface area contributed by atoms with E-state index in [9.17, 15) is 9.59 Å². The Morgan fingerprint density at radius 3 is 1.94 bits per heavy atom. The Bertz CT molecular complexity index is 769. The minimum absolute atomic E-state index is 0.142. The van der Waals surface area contributed by atoms with Gasteiger partial charge in [-0.1, -0.05) is 94.2 Å². The van der Waals surface area contributed by atoms with Crippen molar-refractivity contribution in [2.75, 3.05) is 19.4 Å². The first kappa shape index (κ1) is 30.2.